The van der Waals surface area contributed by atoms with Crippen LogP contribution < -0.4 is 5.32 Å². The number of carbonyl (C=O) groups excluding carboxylic acids is 1. The molecule has 5 heteroatoms. The molecule has 0 aromatic carbocycles. The van der Waals surface area contributed by atoms with E-state index in [1.54, 1.807) is 13.2 Å². The molecular weight excluding hydrogens is 294 g/mol. The predicted octanol–water partition coefficient (Wildman–Crippen LogP) is 1.94. The van der Waals surface area contributed by atoms with Crippen LogP contribution in [0.25, 0.3) is 0 Å². The summed E-state index contributed by atoms with van der Waals surface area (Å²) in [6.07, 6.45) is 6.87. The van der Waals surface area contributed by atoms with Crippen LogP contribution in [0.2, 0.25) is 0 Å². The standard InChI is InChI=1S/C13H18BrN3O/c1-15-13(18)12-4-2-3-5-17(12)9-10-6-11(14)8-16-7-10/h6-8,12H,2-5,9H2,1H3,(H,15,18). The van der Waals surface area contributed by atoms with Crippen LogP contribution in [0.15, 0.2) is 22.9 Å². The van der Waals surface area contributed by atoms with Gasteiger partial charge in [-0.1, -0.05) is 6.42 Å². The minimum absolute atomic E-state index is 0.00253. The summed E-state index contributed by atoms with van der Waals surface area (Å²) in [5.74, 6) is 0.123. The number of halogens is 1. The minimum atomic E-state index is 0.00253. The summed E-state index contributed by atoms with van der Waals surface area (Å²) in [5, 5.41) is 2.76. The van der Waals surface area contributed by atoms with Gasteiger partial charge in [0.25, 0.3) is 0 Å². The number of pyridine rings is 1. The van der Waals surface area contributed by atoms with Gasteiger partial charge in [0.1, 0.15) is 0 Å². The molecule has 1 fully saturated rings. The Morgan fingerprint density at radius 2 is 2.39 bits per heavy atom. The van der Waals surface area contributed by atoms with Crippen LogP contribution in [0.1, 0.15) is 24.8 Å². The fourth-order valence-electron chi connectivity index (χ4n) is 2.42. The molecule has 0 bridgehead atoms. The second kappa shape index (κ2) is 6.29. The van der Waals surface area contributed by atoms with Crippen LogP contribution in [0.3, 0.4) is 0 Å². The Kier molecular flexibility index (Phi) is 4.72. The van der Waals surface area contributed by atoms with E-state index in [2.05, 4.69) is 37.2 Å². The Bertz CT molecular complexity index is 424. The van der Waals surface area contributed by atoms with Crippen LogP contribution >= 0.6 is 15.9 Å². The summed E-state index contributed by atoms with van der Waals surface area (Å²) in [4.78, 5) is 18.3. The maximum Gasteiger partial charge on any atom is 0.237 e. The lowest BCUT2D eigenvalue weighted by Crippen LogP contribution is -2.48. The first-order valence-corrected chi connectivity index (χ1v) is 7.05. The maximum atomic E-state index is 11.9. The third-order valence-corrected chi connectivity index (χ3v) is 3.74. The van der Waals surface area contributed by atoms with Crippen LogP contribution in [0, 0.1) is 0 Å². The normalized spacial score (nSPS) is 20.7. The van der Waals surface area contributed by atoms with Gasteiger partial charge in [0, 0.05) is 30.5 Å². The molecule has 1 aromatic rings. The van der Waals surface area contributed by atoms with Gasteiger partial charge in [-0.3, -0.25) is 14.7 Å². The number of hydrogen-bond acceptors (Lipinski definition) is 3. The molecule has 1 atom stereocenters. The van der Waals surface area contributed by atoms with E-state index in [0.717, 1.165) is 42.4 Å². The Hall–Kier alpha value is -0.940. The topological polar surface area (TPSA) is 45.2 Å². The Morgan fingerprint density at radius 3 is 3.11 bits per heavy atom. The molecule has 98 valence electrons. The number of nitrogens with zero attached hydrogens (tertiary/aromatic N) is 2. The molecule has 1 aromatic heterocycles. The summed E-state index contributed by atoms with van der Waals surface area (Å²) in [5.41, 5.74) is 1.14. The number of rotatable bonds is 3. The first-order chi connectivity index (χ1) is 8.70. The molecule has 1 amide bonds. The van der Waals surface area contributed by atoms with E-state index in [9.17, 15) is 4.79 Å². The summed E-state index contributed by atoms with van der Waals surface area (Å²) in [7, 11) is 1.70. The van der Waals surface area contributed by atoms with Gasteiger partial charge in [-0.05, 0) is 46.9 Å². The van der Waals surface area contributed by atoms with Crippen molar-refractivity contribution in [1.82, 2.24) is 15.2 Å². The van der Waals surface area contributed by atoms with Gasteiger partial charge in [-0.2, -0.15) is 0 Å². The fraction of sp³-hybridized carbons (Fsp3) is 0.538. The number of likely N-dealkylation sites (N-methyl/N-ethyl adjacent to an activating group) is 1. The molecular formula is C13H18BrN3O. The third-order valence-electron chi connectivity index (χ3n) is 3.31. The van der Waals surface area contributed by atoms with Crippen LogP contribution in [-0.2, 0) is 11.3 Å². The molecule has 1 N–H and O–H groups in total. The molecule has 1 aliphatic heterocycles. The van der Waals surface area contributed by atoms with Gasteiger partial charge in [0.2, 0.25) is 5.91 Å². The van der Waals surface area contributed by atoms with E-state index in [1.165, 1.54) is 0 Å². The van der Waals surface area contributed by atoms with Crippen molar-refractivity contribution >= 4 is 21.8 Å². The Labute approximate surface area is 116 Å². The second-order valence-corrected chi connectivity index (χ2v) is 5.52. The molecule has 2 rings (SSSR count). The molecule has 0 aliphatic carbocycles. The quantitative estimate of drug-likeness (QED) is 0.928. The smallest absolute Gasteiger partial charge is 0.237 e. The van der Waals surface area contributed by atoms with Crippen molar-refractivity contribution in [1.29, 1.82) is 0 Å². The average molecular weight is 312 g/mol. The van der Waals surface area contributed by atoms with E-state index < -0.39 is 0 Å². The fourth-order valence-corrected chi connectivity index (χ4v) is 2.83. The van der Waals surface area contributed by atoms with Gasteiger partial charge < -0.3 is 5.32 Å². The zero-order valence-corrected chi connectivity index (χ0v) is 12.1. The minimum Gasteiger partial charge on any atom is -0.358 e. The number of amides is 1. The van der Waals surface area contributed by atoms with E-state index >= 15 is 0 Å². The van der Waals surface area contributed by atoms with E-state index in [0.29, 0.717) is 0 Å². The van der Waals surface area contributed by atoms with Gasteiger partial charge in [-0.25, -0.2) is 0 Å². The second-order valence-electron chi connectivity index (χ2n) is 4.61. The summed E-state index contributed by atoms with van der Waals surface area (Å²) in [6, 6.07) is 2.06. The highest BCUT2D eigenvalue weighted by molar-refractivity contribution is 9.10. The van der Waals surface area contributed by atoms with Gasteiger partial charge >= 0.3 is 0 Å². The molecule has 1 unspecified atom stereocenters. The third kappa shape index (κ3) is 3.29. The van der Waals surface area contributed by atoms with Crippen molar-refractivity contribution in [3.63, 3.8) is 0 Å². The van der Waals surface area contributed by atoms with Crippen LogP contribution in [-0.4, -0.2) is 35.4 Å². The lowest BCUT2D eigenvalue weighted by Gasteiger charge is -2.34. The number of carbonyl (C=O) groups is 1. The first-order valence-electron chi connectivity index (χ1n) is 6.26. The number of likely N-dealkylation sites (tertiary alicyclic amines) is 1. The van der Waals surface area contributed by atoms with Gasteiger partial charge in [0.15, 0.2) is 0 Å². The number of piperidine rings is 1. The Morgan fingerprint density at radius 1 is 1.56 bits per heavy atom. The predicted molar refractivity (Wildman–Crippen MR) is 74.1 cm³/mol. The van der Waals surface area contributed by atoms with Crippen molar-refractivity contribution < 1.29 is 4.79 Å². The Balaban J connectivity index is 2.07. The lowest BCUT2D eigenvalue weighted by atomic mass is 10.0. The van der Waals surface area contributed by atoms with Crippen LogP contribution in [0.5, 0.6) is 0 Å². The highest BCUT2D eigenvalue weighted by Crippen LogP contribution is 2.20. The first kappa shape index (κ1) is 13.5. The monoisotopic (exact) mass is 311 g/mol. The van der Waals surface area contributed by atoms with Crippen molar-refractivity contribution in [3.05, 3.63) is 28.5 Å². The summed E-state index contributed by atoms with van der Waals surface area (Å²) < 4.78 is 0.980. The molecule has 1 aliphatic rings. The SMILES string of the molecule is CNC(=O)C1CCCCN1Cc1cncc(Br)c1. The summed E-state index contributed by atoms with van der Waals surface area (Å²) >= 11 is 3.42. The molecule has 4 nitrogen and oxygen atoms in total. The van der Waals surface area contributed by atoms with Crippen LogP contribution in [0.4, 0.5) is 0 Å². The van der Waals surface area contributed by atoms with E-state index in [-0.39, 0.29) is 11.9 Å². The zero-order valence-electron chi connectivity index (χ0n) is 10.5. The maximum absolute atomic E-state index is 11.9. The number of aromatic nitrogens is 1. The largest absolute Gasteiger partial charge is 0.358 e. The molecule has 0 spiro atoms. The molecule has 2 heterocycles. The number of nitrogens with one attached hydrogen (secondary N) is 1. The summed E-state index contributed by atoms with van der Waals surface area (Å²) in [6.45, 7) is 1.76. The van der Waals surface area contributed by atoms with E-state index in [4.69, 9.17) is 0 Å². The zero-order chi connectivity index (χ0) is 13.0. The van der Waals surface area contributed by atoms with Crippen molar-refractivity contribution in [3.8, 4) is 0 Å². The highest BCUT2D eigenvalue weighted by Gasteiger charge is 2.27. The molecule has 18 heavy (non-hydrogen) atoms. The van der Waals surface area contributed by atoms with Gasteiger partial charge in [0.05, 0.1) is 6.04 Å². The lowest BCUT2D eigenvalue weighted by molar-refractivity contribution is -0.127. The average Bonchev–Trinajstić information content (AvgIpc) is 2.38. The van der Waals surface area contributed by atoms with E-state index in [1.807, 2.05) is 6.20 Å². The van der Waals surface area contributed by atoms with Crippen molar-refractivity contribution in [2.75, 3.05) is 13.6 Å². The van der Waals surface area contributed by atoms with Crippen molar-refractivity contribution in [2.45, 2.75) is 31.8 Å². The molecule has 0 radical (unpaired) electrons. The molecule has 1 saturated heterocycles. The molecule has 0 saturated carbocycles. The van der Waals surface area contributed by atoms with Crippen molar-refractivity contribution in [2.24, 2.45) is 0 Å². The highest BCUT2D eigenvalue weighted by atomic mass is 79.9. The number of hydrogen-bond donors (Lipinski definition) is 1. The van der Waals surface area contributed by atoms with Gasteiger partial charge in [-0.15, -0.1) is 0 Å².